The zero-order valence-electron chi connectivity index (χ0n) is 7.38. The molecule has 0 aliphatic rings. The molecule has 0 fully saturated rings. The minimum atomic E-state index is -4.64. The van der Waals surface area contributed by atoms with Crippen LogP contribution in [0.1, 0.15) is 11.1 Å². The highest BCUT2D eigenvalue weighted by Gasteiger charge is 2.34. The first-order chi connectivity index (χ1) is 6.86. The van der Waals surface area contributed by atoms with Gasteiger partial charge < -0.3 is 10.2 Å². The Bertz CT molecular complexity index is 365. The lowest BCUT2D eigenvalue weighted by atomic mass is 10.1. The van der Waals surface area contributed by atoms with E-state index in [0.29, 0.717) is 6.07 Å². The lowest BCUT2D eigenvalue weighted by molar-refractivity contribution is -0.139. The molecule has 1 aromatic carbocycles. The molecule has 0 amide bonds. The fourth-order valence-corrected chi connectivity index (χ4v) is 1.09. The van der Waals surface area contributed by atoms with Gasteiger partial charge in [-0.3, -0.25) is 4.84 Å². The lowest BCUT2D eigenvalue weighted by Crippen LogP contribution is -2.11. The Morgan fingerprint density at radius 1 is 1.20 bits per heavy atom. The van der Waals surface area contributed by atoms with Crippen molar-refractivity contribution in [1.29, 1.82) is 0 Å². The van der Waals surface area contributed by atoms with Gasteiger partial charge in [0.05, 0.1) is 12.2 Å². The van der Waals surface area contributed by atoms with E-state index in [-0.39, 0.29) is 5.56 Å². The highest BCUT2D eigenvalue weighted by Crippen LogP contribution is 2.38. The third-order valence-electron chi connectivity index (χ3n) is 1.74. The predicted octanol–water partition coefficient (Wildman–Crippen LogP) is 1.51. The first-order valence-electron chi connectivity index (χ1n) is 3.80. The maximum atomic E-state index is 12.4. The molecular weight excluding hydrogens is 215 g/mol. The van der Waals surface area contributed by atoms with Crippen molar-refractivity contribution in [3.05, 3.63) is 23.3 Å². The van der Waals surface area contributed by atoms with E-state index in [1.807, 2.05) is 0 Å². The second kappa shape index (κ2) is 3.95. The average molecular weight is 223 g/mol. The van der Waals surface area contributed by atoms with E-state index >= 15 is 0 Å². The van der Waals surface area contributed by atoms with E-state index in [9.17, 15) is 13.2 Å². The van der Waals surface area contributed by atoms with Crippen molar-refractivity contribution in [2.24, 2.45) is 5.90 Å². The molecule has 0 spiro atoms. The SMILES string of the molecule is NOCc1cc(O)c(O)cc1C(F)(F)F. The van der Waals surface area contributed by atoms with Crippen LogP contribution in [-0.2, 0) is 17.6 Å². The summed E-state index contributed by atoms with van der Waals surface area (Å²) < 4.78 is 37.2. The number of benzene rings is 1. The van der Waals surface area contributed by atoms with Gasteiger partial charge in [0.15, 0.2) is 11.5 Å². The Morgan fingerprint density at radius 3 is 2.20 bits per heavy atom. The van der Waals surface area contributed by atoms with Crippen LogP contribution >= 0.6 is 0 Å². The molecule has 0 aromatic heterocycles. The third kappa shape index (κ3) is 2.51. The highest BCUT2D eigenvalue weighted by molar-refractivity contribution is 5.46. The minimum Gasteiger partial charge on any atom is -0.504 e. The maximum Gasteiger partial charge on any atom is 0.416 e. The number of rotatable bonds is 2. The van der Waals surface area contributed by atoms with Gasteiger partial charge in [0.2, 0.25) is 0 Å². The summed E-state index contributed by atoms with van der Waals surface area (Å²) in [5.74, 6) is 3.15. The van der Waals surface area contributed by atoms with Crippen molar-refractivity contribution < 1.29 is 28.2 Å². The molecular formula is C8H8F3NO3. The molecule has 1 aromatic rings. The number of hydrogen-bond donors (Lipinski definition) is 3. The Hall–Kier alpha value is -1.47. The van der Waals surface area contributed by atoms with Crippen molar-refractivity contribution in [1.82, 2.24) is 0 Å². The van der Waals surface area contributed by atoms with Crippen molar-refractivity contribution in [3.63, 3.8) is 0 Å². The van der Waals surface area contributed by atoms with E-state index in [1.54, 1.807) is 0 Å². The molecule has 0 saturated heterocycles. The zero-order chi connectivity index (χ0) is 11.6. The Balaban J connectivity index is 3.28. The number of halogens is 3. The minimum absolute atomic E-state index is 0.347. The van der Waals surface area contributed by atoms with Gasteiger partial charge in [0.25, 0.3) is 0 Å². The van der Waals surface area contributed by atoms with Gasteiger partial charge in [0, 0.05) is 0 Å². The fraction of sp³-hybridized carbons (Fsp3) is 0.250. The largest absolute Gasteiger partial charge is 0.504 e. The van der Waals surface area contributed by atoms with E-state index in [4.69, 9.17) is 10.2 Å². The average Bonchev–Trinajstić information content (AvgIpc) is 2.09. The molecule has 0 aliphatic carbocycles. The molecule has 4 N–H and O–H groups in total. The molecule has 7 heteroatoms. The number of alkyl halides is 3. The summed E-state index contributed by atoms with van der Waals surface area (Å²) in [4.78, 5) is 4.07. The summed E-state index contributed by atoms with van der Waals surface area (Å²) in [7, 11) is 0. The van der Waals surface area contributed by atoms with Crippen molar-refractivity contribution in [2.75, 3.05) is 0 Å². The van der Waals surface area contributed by atoms with Gasteiger partial charge in [-0.05, 0) is 17.7 Å². The van der Waals surface area contributed by atoms with Crippen LogP contribution in [0.5, 0.6) is 11.5 Å². The van der Waals surface area contributed by atoms with Gasteiger partial charge in [-0.1, -0.05) is 0 Å². The molecule has 0 saturated carbocycles. The van der Waals surface area contributed by atoms with Gasteiger partial charge >= 0.3 is 6.18 Å². The van der Waals surface area contributed by atoms with Crippen LogP contribution in [0.15, 0.2) is 12.1 Å². The number of nitrogens with two attached hydrogens (primary N) is 1. The molecule has 1 rings (SSSR count). The normalized spacial score (nSPS) is 11.7. The highest BCUT2D eigenvalue weighted by atomic mass is 19.4. The molecule has 0 atom stereocenters. The summed E-state index contributed by atoms with van der Waals surface area (Å²) in [6, 6.07) is 1.18. The molecule has 84 valence electrons. The Labute approximate surface area is 82.7 Å². The van der Waals surface area contributed by atoms with Gasteiger partial charge in [0.1, 0.15) is 0 Å². The Morgan fingerprint density at radius 2 is 1.73 bits per heavy atom. The second-order valence-electron chi connectivity index (χ2n) is 2.81. The second-order valence-corrected chi connectivity index (χ2v) is 2.81. The van der Waals surface area contributed by atoms with Crippen LogP contribution in [0.2, 0.25) is 0 Å². The summed E-state index contributed by atoms with van der Waals surface area (Å²) in [5, 5.41) is 17.9. The first kappa shape index (κ1) is 11.6. The van der Waals surface area contributed by atoms with Crippen LogP contribution in [0, 0.1) is 0 Å². The molecule has 0 aliphatic heterocycles. The molecule has 0 bridgehead atoms. The quantitative estimate of drug-likeness (QED) is 0.524. The summed E-state index contributed by atoms with van der Waals surface area (Å²) in [6.45, 7) is -0.511. The fourth-order valence-electron chi connectivity index (χ4n) is 1.09. The van der Waals surface area contributed by atoms with Crippen molar-refractivity contribution in [2.45, 2.75) is 12.8 Å². The summed E-state index contributed by atoms with van der Waals surface area (Å²) in [6.07, 6.45) is -4.64. The lowest BCUT2D eigenvalue weighted by Gasteiger charge is -2.13. The molecule has 4 nitrogen and oxygen atoms in total. The van der Waals surface area contributed by atoms with E-state index in [1.165, 1.54) is 0 Å². The van der Waals surface area contributed by atoms with E-state index in [0.717, 1.165) is 6.07 Å². The topological polar surface area (TPSA) is 75.7 Å². The number of phenols is 2. The molecule has 0 unspecified atom stereocenters. The van der Waals surface area contributed by atoms with E-state index in [2.05, 4.69) is 10.7 Å². The molecule has 15 heavy (non-hydrogen) atoms. The van der Waals surface area contributed by atoms with Gasteiger partial charge in [-0.2, -0.15) is 13.2 Å². The maximum absolute atomic E-state index is 12.4. The van der Waals surface area contributed by atoms with E-state index < -0.39 is 29.8 Å². The summed E-state index contributed by atoms with van der Waals surface area (Å²) in [5.41, 5.74) is -1.44. The Kier molecular flexibility index (Phi) is 3.06. The van der Waals surface area contributed by atoms with Crippen LogP contribution in [-0.4, -0.2) is 10.2 Å². The smallest absolute Gasteiger partial charge is 0.416 e. The van der Waals surface area contributed by atoms with Crippen LogP contribution in [0.4, 0.5) is 13.2 Å². The number of hydrogen-bond acceptors (Lipinski definition) is 4. The van der Waals surface area contributed by atoms with Crippen LogP contribution in [0.25, 0.3) is 0 Å². The number of phenolic OH excluding ortho intramolecular Hbond substituents is 2. The molecule has 0 radical (unpaired) electrons. The van der Waals surface area contributed by atoms with Crippen LogP contribution < -0.4 is 5.90 Å². The van der Waals surface area contributed by atoms with Gasteiger partial charge in [-0.25, -0.2) is 5.90 Å². The standard InChI is InChI=1S/C8H8F3NO3/c9-8(10,11)5-2-7(14)6(13)1-4(5)3-15-12/h1-2,13-14H,3,12H2. The monoisotopic (exact) mass is 223 g/mol. The first-order valence-corrected chi connectivity index (χ1v) is 3.80. The third-order valence-corrected chi connectivity index (χ3v) is 1.74. The van der Waals surface area contributed by atoms with Crippen LogP contribution in [0.3, 0.4) is 0 Å². The van der Waals surface area contributed by atoms with Crippen molar-refractivity contribution >= 4 is 0 Å². The van der Waals surface area contributed by atoms with Crippen molar-refractivity contribution in [3.8, 4) is 11.5 Å². The molecule has 0 heterocycles. The summed E-state index contributed by atoms with van der Waals surface area (Å²) >= 11 is 0. The number of aromatic hydroxyl groups is 2. The zero-order valence-corrected chi connectivity index (χ0v) is 7.38. The predicted molar refractivity (Wildman–Crippen MR) is 43.8 cm³/mol. The van der Waals surface area contributed by atoms with Gasteiger partial charge in [-0.15, -0.1) is 0 Å².